The number of amides is 3. The first kappa shape index (κ1) is 28.1. The molecule has 40 heavy (non-hydrogen) atoms. The minimum absolute atomic E-state index is 0.0581. The fourth-order valence-electron chi connectivity index (χ4n) is 4.49. The summed E-state index contributed by atoms with van der Waals surface area (Å²) in [5.41, 5.74) is 2.17. The second-order valence-electron chi connectivity index (χ2n) is 9.17. The molecule has 1 fully saturated rings. The molecule has 0 aromatic heterocycles. The van der Waals surface area contributed by atoms with Crippen molar-refractivity contribution in [2.75, 3.05) is 43.5 Å². The van der Waals surface area contributed by atoms with Crippen LogP contribution in [0.25, 0.3) is 0 Å². The lowest BCUT2D eigenvalue weighted by atomic mass is 10.0. The van der Waals surface area contributed by atoms with Crippen LogP contribution in [0.5, 0.6) is 0 Å². The molecule has 10 nitrogen and oxygen atoms in total. The average molecular weight is 549 g/mol. The monoisotopic (exact) mass is 548 g/mol. The number of carboxylic acid groups (broad SMARTS) is 1. The first-order valence-corrected chi connectivity index (χ1v) is 12.6. The number of carbonyl (C=O) groups is 4. The van der Waals surface area contributed by atoms with Crippen molar-refractivity contribution in [3.63, 3.8) is 0 Å². The lowest BCUT2D eigenvalue weighted by molar-refractivity contribution is -0.137. The van der Waals surface area contributed by atoms with E-state index in [0.717, 1.165) is 0 Å². The van der Waals surface area contributed by atoms with Gasteiger partial charge in [0.05, 0.1) is 30.9 Å². The van der Waals surface area contributed by atoms with Crippen molar-refractivity contribution in [1.82, 2.24) is 10.2 Å². The van der Waals surface area contributed by atoms with Gasteiger partial charge in [-0.1, -0.05) is 30.3 Å². The number of carboxylic acids is 1. The van der Waals surface area contributed by atoms with Gasteiger partial charge in [-0.15, -0.1) is 0 Å². The van der Waals surface area contributed by atoms with E-state index in [2.05, 4.69) is 10.6 Å². The van der Waals surface area contributed by atoms with Gasteiger partial charge in [0.25, 0.3) is 11.8 Å². The van der Waals surface area contributed by atoms with Gasteiger partial charge in [0.2, 0.25) is 0 Å². The predicted octanol–water partition coefficient (Wildman–Crippen LogP) is 3.91. The quantitative estimate of drug-likeness (QED) is 0.389. The molecule has 3 aromatic carbocycles. The van der Waals surface area contributed by atoms with E-state index in [1.165, 1.54) is 37.4 Å². The van der Waals surface area contributed by atoms with Crippen LogP contribution in [0.4, 0.5) is 20.6 Å². The molecule has 3 amide bonds. The number of anilines is 2. The summed E-state index contributed by atoms with van der Waals surface area (Å²) < 4.78 is 18.1. The molecule has 1 atom stereocenters. The molecule has 0 bridgehead atoms. The van der Waals surface area contributed by atoms with Crippen LogP contribution in [0.15, 0.2) is 72.8 Å². The Balaban J connectivity index is 1.52. The van der Waals surface area contributed by atoms with Crippen molar-refractivity contribution >= 4 is 35.3 Å². The maximum absolute atomic E-state index is 13.4. The lowest BCUT2D eigenvalue weighted by Gasteiger charge is -2.37. The van der Waals surface area contributed by atoms with E-state index >= 15 is 0 Å². The zero-order chi connectivity index (χ0) is 28.6. The summed E-state index contributed by atoms with van der Waals surface area (Å²) in [5, 5.41) is 14.7. The van der Waals surface area contributed by atoms with Gasteiger partial charge in [0.15, 0.2) is 0 Å². The molecule has 3 N–H and O–H groups in total. The highest BCUT2D eigenvalue weighted by Gasteiger charge is 2.25. The molecule has 1 heterocycles. The Hall–Kier alpha value is -4.93. The number of piperazine rings is 1. The molecule has 4 rings (SSSR count). The molecule has 1 saturated heterocycles. The van der Waals surface area contributed by atoms with E-state index in [-0.39, 0.29) is 11.5 Å². The van der Waals surface area contributed by atoms with Crippen molar-refractivity contribution in [3.05, 3.63) is 95.3 Å². The number of halogens is 1. The van der Waals surface area contributed by atoms with Gasteiger partial charge < -0.3 is 25.0 Å². The Morgan fingerprint density at radius 3 is 2.23 bits per heavy atom. The third-order valence-electron chi connectivity index (χ3n) is 6.57. The standard InChI is InChI=1S/C29H29FN4O6/c1-40-29(39)32-24-17-21(27(37)31-23(18-26(35)36)19-7-10-22(30)11-8-19)9-12-25(24)33-13-15-34(16-14-33)28(38)20-5-3-2-4-6-20/h2-12,17,23H,13-16,18H2,1H3,(H,31,37)(H,32,39)(H,35,36). The van der Waals surface area contributed by atoms with Gasteiger partial charge in [-0.05, 0) is 48.0 Å². The van der Waals surface area contributed by atoms with Crippen molar-refractivity contribution in [2.45, 2.75) is 12.5 Å². The van der Waals surface area contributed by atoms with E-state index < -0.39 is 36.2 Å². The summed E-state index contributed by atoms with van der Waals surface area (Å²) in [5.74, 6) is -2.25. The number of hydrogen-bond donors (Lipinski definition) is 3. The maximum atomic E-state index is 13.4. The van der Waals surface area contributed by atoms with Crippen molar-refractivity contribution in [3.8, 4) is 0 Å². The van der Waals surface area contributed by atoms with Crippen LogP contribution in [0.2, 0.25) is 0 Å². The van der Waals surface area contributed by atoms with Gasteiger partial charge in [-0.2, -0.15) is 0 Å². The third-order valence-corrected chi connectivity index (χ3v) is 6.57. The summed E-state index contributed by atoms with van der Waals surface area (Å²) in [6, 6.07) is 18.1. The second kappa shape index (κ2) is 12.7. The number of aliphatic carboxylic acids is 1. The number of nitrogens with zero attached hydrogens (tertiary/aromatic N) is 2. The third kappa shape index (κ3) is 6.93. The highest BCUT2D eigenvalue weighted by Crippen LogP contribution is 2.29. The summed E-state index contributed by atoms with van der Waals surface area (Å²) in [4.78, 5) is 53.3. The summed E-state index contributed by atoms with van der Waals surface area (Å²) in [6.07, 6.45) is -1.14. The molecule has 3 aromatic rings. The Kier molecular flexibility index (Phi) is 8.95. The maximum Gasteiger partial charge on any atom is 0.411 e. The normalized spacial score (nSPS) is 13.8. The molecule has 1 unspecified atom stereocenters. The molecule has 0 aliphatic carbocycles. The smallest absolute Gasteiger partial charge is 0.411 e. The van der Waals surface area contributed by atoms with Crippen LogP contribution in [-0.4, -0.2) is 67.2 Å². The minimum atomic E-state index is -1.14. The van der Waals surface area contributed by atoms with Crippen LogP contribution >= 0.6 is 0 Å². The first-order chi connectivity index (χ1) is 19.2. The predicted molar refractivity (Wildman–Crippen MR) is 146 cm³/mol. The fraction of sp³-hybridized carbons (Fsp3) is 0.241. The van der Waals surface area contributed by atoms with Gasteiger partial charge in [0, 0.05) is 37.3 Å². The fourth-order valence-corrected chi connectivity index (χ4v) is 4.49. The Labute approximate surface area is 230 Å². The number of methoxy groups -OCH3 is 1. The molecule has 208 valence electrons. The lowest BCUT2D eigenvalue weighted by Crippen LogP contribution is -2.49. The van der Waals surface area contributed by atoms with E-state index in [0.29, 0.717) is 48.7 Å². The Morgan fingerprint density at radius 1 is 0.925 bits per heavy atom. The zero-order valence-corrected chi connectivity index (χ0v) is 21.8. The Bertz CT molecular complexity index is 1380. The number of carbonyl (C=O) groups excluding carboxylic acids is 3. The Morgan fingerprint density at radius 2 is 1.60 bits per heavy atom. The molecule has 0 radical (unpaired) electrons. The zero-order valence-electron chi connectivity index (χ0n) is 21.8. The number of nitrogens with one attached hydrogen (secondary N) is 2. The second-order valence-corrected chi connectivity index (χ2v) is 9.17. The molecule has 0 spiro atoms. The van der Waals surface area contributed by atoms with Crippen LogP contribution in [0, 0.1) is 5.82 Å². The van der Waals surface area contributed by atoms with Crippen LogP contribution in [-0.2, 0) is 9.53 Å². The molecule has 11 heteroatoms. The summed E-state index contributed by atoms with van der Waals surface area (Å²) in [6.45, 7) is 1.90. The van der Waals surface area contributed by atoms with Gasteiger partial charge >= 0.3 is 12.1 Å². The molecular weight excluding hydrogens is 519 g/mol. The van der Waals surface area contributed by atoms with E-state index in [1.807, 2.05) is 23.1 Å². The van der Waals surface area contributed by atoms with Crippen molar-refractivity contribution in [1.29, 1.82) is 0 Å². The topological polar surface area (TPSA) is 128 Å². The highest BCUT2D eigenvalue weighted by atomic mass is 19.1. The van der Waals surface area contributed by atoms with Gasteiger partial charge in [0.1, 0.15) is 5.82 Å². The molecular formula is C29H29FN4O6. The average Bonchev–Trinajstić information content (AvgIpc) is 2.97. The SMILES string of the molecule is COC(=O)Nc1cc(C(=O)NC(CC(=O)O)c2ccc(F)cc2)ccc1N1CCN(C(=O)c2ccccc2)CC1. The number of benzene rings is 3. The van der Waals surface area contributed by atoms with Crippen LogP contribution < -0.4 is 15.5 Å². The summed E-state index contributed by atoms with van der Waals surface area (Å²) >= 11 is 0. The molecule has 1 aliphatic heterocycles. The number of hydrogen-bond acceptors (Lipinski definition) is 6. The number of rotatable bonds is 8. The largest absolute Gasteiger partial charge is 0.481 e. The van der Waals surface area contributed by atoms with Crippen molar-refractivity contribution in [2.24, 2.45) is 0 Å². The van der Waals surface area contributed by atoms with E-state index in [1.54, 1.807) is 29.2 Å². The first-order valence-electron chi connectivity index (χ1n) is 12.6. The van der Waals surface area contributed by atoms with Gasteiger partial charge in [-0.25, -0.2) is 9.18 Å². The van der Waals surface area contributed by atoms with Gasteiger partial charge in [-0.3, -0.25) is 19.7 Å². The minimum Gasteiger partial charge on any atom is -0.481 e. The molecule has 0 saturated carbocycles. The summed E-state index contributed by atoms with van der Waals surface area (Å²) in [7, 11) is 1.22. The van der Waals surface area contributed by atoms with Crippen molar-refractivity contribution < 1.29 is 33.4 Å². The van der Waals surface area contributed by atoms with Crippen LogP contribution in [0.1, 0.15) is 38.7 Å². The highest BCUT2D eigenvalue weighted by molar-refractivity contribution is 5.99. The number of ether oxygens (including phenoxy) is 1. The van der Waals surface area contributed by atoms with Crippen LogP contribution in [0.3, 0.4) is 0 Å². The van der Waals surface area contributed by atoms with E-state index in [9.17, 15) is 28.7 Å². The van der Waals surface area contributed by atoms with E-state index in [4.69, 9.17) is 4.74 Å². The molecule has 1 aliphatic rings.